The van der Waals surface area contributed by atoms with Crippen molar-refractivity contribution in [1.82, 2.24) is 0 Å². The molecule has 0 N–H and O–H groups in total. The van der Waals surface area contributed by atoms with Gasteiger partial charge >= 0.3 is 5.97 Å². The molecule has 1 amide bonds. The average Bonchev–Trinajstić information content (AvgIpc) is 3.05. The molecule has 1 saturated heterocycles. The van der Waals surface area contributed by atoms with Gasteiger partial charge in [-0.1, -0.05) is 17.7 Å². The van der Waals surface area contributed by atoms with E-state index in [-0.39, 0.29) is 18.3 Å². The maximum absolute atomic E-state index is 12.4. The van der Waals surface area contributed by atoms with Crippen LogP contribution in [-0.4, -0.2) is 31.6 Å². The molecule has 2 aromatic rings. The van der Waals surface area contributed by atoms with Gasteiger partial charge in [-0.3, -0.25) is 9.59 Å². The highest BCUT2D eigenvalue weighted by Gasteiger charge is 2.36. The van der Waals surface area contributed by atoms with Crippen LogP contribution in [0.3, 0.4) is 0 Å². The van der Waals surface area contributed by atoms with Gasteiger partial charge in [0.15, 0.2) is 11.5 Å². The number of fused-ring (bicyclic) bond motifs is 1. The van der Waals surface area contributed by atoms with Crippen molar-refractivity contribution in [2.75, 3.05) is 24.7 Å². The third kappa shape index (κ3) is 3.22. The van der Waals surface area contributed by atoms with Gasteiger partial charge in [0.2, 0.25) is 5.91 Å². The maximum Gasteiger partial charge on any atom is 0.316 e. The summed E-state index contributed by atoms with van der Waals surface area (Å²) in [6, 6.07) is 12.6. The summed E-state index contributed by atoms with van der Waals surface area (Å²) in [5.41, 5.74) is 1.79. The SMILES string of the molecule is Cc1ccc(OC(=O)[C@H]2CC(=O)N(c3ccc4c(c3)OCCO4)C2)cc1. The molecule has 4 rings (SSSR count). The Morgan fingerprint density at radius 2 is 1.81 bits per heavy atom. The molecule has 1 fully saturated rings. The van der Waals surface area contributed by atoms with Crippen LogP contribution in [0.1, 0.15) is 12.0 Å². The number of hydrogen-bond acceptors (Lipinski definition) is 5. The van der Waals surface area contributed by atoms with Crippen molar-refractivity contribution in [2.45, 2.75) is 13.3 Å². The molecule has 2 aromatic carbocycles. The van der Waals surface area contributed by atoms with Crippen LogP contribution >= 0.6 is 0 Å². The Morgan fingerprint density at radius 3 is 2.58 bits per heavy atom. The van der Waals surface area contributed by atoms with E-state index in [1.807, 2.05) is 19.1 Å². The summed E-state index contributed by atoms with van der Waals surface area (Å²) in [5, 5.41) is 0. The lowest BCUT2D eigenvalue weighted by Gasteiger charge is -2.22. The second-order valence-electron chi connectivity index (χ2n) is 6.47. The molecule has 0 aromatic heterocycles. The van der Waals surface area contributed by atoms with Gasteiger partial charge in [-0.05, 0) is 31.2 Å². The van der Waals surface area contributed by atoms with E-state index in [9.17, 15) is 9.59 Å². The Hall–Kier alpha value is -3.02. The van der Waals surface area contributed by atoms with Crippen molar-refractivity contribution in [3.63, 3.8) is 0 Å². The molecule has 6 heteroatoms. The van der Waals surface area contributed by atoms with Crippen LogP contribution < -0.4 is 19.1 Å². The number of carbonyl (C=O) groups excluding carboxylic acids is 2. The second kappa shape index (κ2) is 6.71. The van der Waals surface area contributed by atoms with Gasteiger partial charge in [0.05, 0.1) is 5.92 Å². The number of anilines is 1. The van der Waals surface area contributed by atoms with Gasteiger partial charge in [0.1, 0.15) is 19.0 Å². The molecule has 2 aliphatic heterocycles. The van der Waals surface area contributed by atoms with Crippen molar-refractivity contribution >= 4 is 17.6 Å². The zero-order valence-corrected chi connectivity index (χ0v) is 14.4. The smallest absolute Gasteiger partial charge is 0.316 e. The van der Waals surface area contributed by atoms with Gasteiger partial charge in [-0.2, -0.15) is 0 Å². The Morgan fingerprint density at radius 1 is 1.08 bits per heavy atom. The van der Waals surface area contributed by atoms with Crippen LogP contribution in [0.15, 0.2) is 42.5 Å². The molecule has 0 saturated carbocycles. The van der Waals surface area contributed by atoms with Crippen LogP contribution in [-0.2, 0) is 9.59 Å². The van der Waals surface area contributed by atoms with E-state index in [1.54, 1.807) is 35.2 Å². The highest BCUT2D eigenvalue weighted by Crippen LogP contribution is 2.36. The molecule has 0 spiro atoms. The third-order valence-electron chi connectivity index (χ3n) is 4.54. The molecular formula is C20H19NO5. The predicted molar refractivity (Wildman–Crippen MR) is 94.7 cm³/mol. The summed E-state index contributed by atoms with van der Waals surface area (Å²) >= 11 is 0. The van der Waals surface area contributed by atoms with E-state index < -0.39 is 5.92 Å². The summed E-state index contributed by atoms with van der Waals surface area (Å²) < 4.78 is 16.5. The number of ether oxygens (including phenoxy) is 3. The molecule has 0 radical (unpaired) electrons. The Balaban J connectivity index is 1.46. The zero-order valence-electron chi connectivity index (χ0n) is 14.4. The van der Waals surface area contributed by atoms with Gasteiger partial charge in [0, 0.05) is 24.7 Å². The fourth-order valence-corrected chi connectivity index (χ4v) is 3.12. The monoisotopic (exact) mass is 353 g/mol. The molecule has 0 bridgehead atoms. The molecule has 0 unspecified atom stereocenters. The van der Waals surface area contributed by atoms with E-state index in [1.165, 1.54) is 0 Å². The first kappa shape index (κ1) is 16.4. The van der Waals surface area contributed by atoms with Crippen molar-refractivity contribution in [1.29, 1.82) is 0 Å². The lowest BCUT2D eigenvalue weighted by Crippen LogP contribution is -2.27. The summed E-state index contributed by atoms with van der Waals surface area (Å²) in [6.45, 7) is 3.26. The molecule has 26 heavy (non-hydrogen) atoms. The molecular weight excluding hydrogens is 334 g/mol. The van der Waals surface area contributed by atoms with Crippen LogP contribution in [0.5, 0.6) is 17.2 Å². The largest absolute Gasteiger partial charge is 0.486 e. The first-order valence-electron chi connectivity index (χ1n) is 8.58. The topological polar surface area (TPSA) is 65.1 Å². The van der Waals surface area contributed by atoms with Crippen LogP contribution in [0.25, 0.3) is 0 Å². The third-order valence-corrected chi connectivity index (χ3v) is 4.54. The molecule has 2 aliphatic rings. The first-order chi connectivity index (χ1) is 12.6. The summed E-state index contributed by atoms with van der Waals surface area (Å²) in [5.74, 6) is 0.798. The van der Waals surface area contributed by atoms with E-state index in [4.69, 9.17) is 14.2 Å². The number of carbonyl (C=O) groups is 2. The molecule has 1 atom stereocenters. The molecule has 0 aliphatic carbocycles. The number of esters is 1. The van der Waals surface area contributed by atoms with Gasteiger partial charge in [0.25, 0.3) is 0 Å². The minimum atomic E-state index is -0.489. The number of benzene rings is 2. The molecule has 2 heterocycles. The Kier molecular flexibility index (Phi) is 4.24. The molecule has 134 valence electrons. The van der Waals surface area contributed by atoms with Crippen LogP contribution in [0.4, 0.5) is 5.69 Å². The number of hydrogen-bond donors (Lipinski definition) is 0. The van der Waals surface area contributed by atoms with Crippen molar-refractivity contribution < 1.29 is 23.8 Å². The van der Waals surface area contributed by atoms with Gasteiger partial charge < -0.3 is 19.1 Å². The Bertz CT molecular complexity index is 846. The lowest BCUT2D eigenvalue weighted by molar-refractivity contribution is -0.139. The summed E-state index contributed by atoms with van der Waals surface area (Å²) in [4.78, 5) is 26.4. The fourth-order valence-electron chi connectivity index (χ4n) is 3.12. The number of nitrogens with zero attached hydrogens (tertiary/aromatic N) is 1. The van der Waals surface area contributed by atoms with Gasteiger partial charge in [-0.15, -0.1) is 0 Å². The normalized spacial score (nSPS) is 18.7. The minimum absolute atomic E-state index is 0.104. The number of amides is 1. The van der Waals surface area contributed by atoms with Crippen molar-refractivity contribution in [2.24, 2.45) is 5.92 Å². The average molecular weight is 353 g/mol. The predicted octanol–water partition coefficient (Wildman–Crippen LogP) is 2.72. The highest BCUT2D eigenvalue weighted by molar-refractivity contribution is 6.00. The molecule has 6 nitrogen and oxygen atoms in total. The van der Waals surface area contributed by atoms with E-state index in [0.717, 1.165) is 5.56 Å². The van der Waals surface area contributed by atoms with E-state index >= 15 is 0 Å². The highest BCUT2D eigenvalue weighted by atomic mass is 16.6. The minimum Gasteiger partial charge on any atom is -0.486 e. The number of aryl methyl sites for hydroxylation is 1. The van der Waals surface area contributed by atoms with Crippen LogP contribution in [0, 0.1) is 12.8 Å². The summed E-state index contributed by atoms with van der Waals surface area (Å²) in [6.07, 6.45) is 0.138. The van der Waals surface area contributed by atoms with Crippen molar-refractivity contribution in [3.8, 4) is 17.2 Å². The summed E-state index contributed by atoms with van der Waals surface area (Å²) in [7, 11) is 0. The lowest BCUT2D eigenvalue weighted by atomic mass is 10.1. The first-order valence-corrected chi connectivity index (χ1v) is 8.58. The van der Waals surface area contributed by atoms with Crippen LogP contribution in [0.2, 0.25) is 0 Å². The quantitative estimate of drug-likeness (QED) is 0.627. The standard InChI is InChI=1S/C20H19NO5/c1-13-2-5-16(6-3-13)26-20(23)14-10-19(22)21(12-14)15-4-7-17-18(11-15)25-9-8-24-17/h2-7,11,14H,8-10,12H2,1H3/t14-/m0/s1. The zero-order chi connectivity index (χ0) is 18.1. The van der Waals surface area contributed by atoms with Gasteiger partial charge in [-0.25, -0.2) is 0 Å². The Labute approximate surface area is 151 Å². The van der Waals surface area contributed by atoms with E-state index in [0.29, 0.717) is 42.7 Å². The second-order valence-corrected chi connectivity index (χ2v) is 6.47. The maximum atomic E-state index is 12.4. The number of rotatable bonds is 3. The van der Waals surface area contributed by atoms with Crippen molar-refractivity contribution in [3.05, 3.63) is 48.0 Å². The fraction of sp³-hybridized carbons (Fsp3) is 0.300. The van der Waals surface area contributed by atoms with E-state index in [2.05, 4.69) is 0 Å².